The van der Waals surface area contributed by atoms with Gasteiger partial charge in [-0.3, -0.25) is 0 Å². The Morgan fingerprint density at radius 1 is 0.452 bits per heavy atom. The second-order valence-electron chi connectivity index (χ2n) is 12.1. The van der Waals surface area contributed by atoms with Crippen LogP contribution in [0.1, 0.15) is 25.0 Å². The smallest absolute Gasteiger partial charge is 0.0582 e. The first-order chi connectivity index (χ1) is 20.6. The molecule has 0 saturated carbocycles. The third-order valence-electron chi connectivity index (χ3n) is 9.58. The van der Waals surface area contributed by atoms with Crippen LogP contribution in [0, 0.1) is 0 Å². The molecule has 0 N–H and O–H groups in total. The predicted molar refractivity (Wildman–Crippen MR) is 179 cm³/mol. The summed E-state index contributed by atoms with van der Waals surface area (Å²) in [6.07, 6.45) is 0. The summed E-state index contributed by atoms with van der Waals surface area (Å²) in [5.41, 5.74) is 11.6. The summed E-state index contributed by atoms with van der Waals surface area (Å²) >= 11 is 0. The Morgan fingerprint density at radius 3 is 2.00 bits per heavy atom. The fourth-order valence-corrected chi connectivity index (χ4v) is 7.58. The lowest BCUT2D eigenvalue weighted by Gasteiger charge is -2.34. The van der Waals surface area contributed by atoms with E-state index in [1.807, 2.05) is 0 Å². The molecule has 0 bridgehead atoms. The molecule has 0 unspecified atom stereocenters. The molecule has 0 fully saturated rings. The van der Waals surface area contributed by atoms with Crippen molar-refractivity contribution in [1.82, 2.24) is 4.57 Å². The molecule has 0 saturated heterocycles. The Morgan fingerprint density at radius 2 is 1.12 bits per heavy atom. The normalized spacial score (nSPS) is 13.7. The summed E-state index contributed by atoms with van der Waals surface area (Å²) in [6.45, 7) is 4.72. The lowest BCUT2D eigenvalue weighted by Crippen LogP contribution is -2.26. The first kappa shape index (κ1) is 23.6. The lowest BCUT2D eigenvalue weighted by atomic mass is 9.75. The minimum atomic E-state index is -0.0625. The summed E-state index contributed by atoms with van der Waals surface area (Å²) in [5.74, 6) is 0. The first-order valence-electron chi connectivity index (χ1n) is 14.8. The van der Waals surface area contributed by atoms with Crippen molar-refractivity contribution >= 4 is 43.4 Å². The van der Waals surface area contributed by atoms with Gasteiger partial charge in [0, 0.05) is 16.2 Å². The minimum absolute atomic E-state index is 0.0625. The molecule has 198 valence electrons. The molecule has 1 nitrogen and oxygen atoms in total. The maximum atomic E-state index is 2.49. The highest BCUT2D eigenvalue weighted by atomic mass is 15.0. The number of fused-ring (bicyclic) bond motifs is 8. The quantitative estimate of drug-likeness (QED) is 0.194. The number of nitrogens with zero attached hydrogens (tertiary/aromatic N) is 1. The van der Waals surface area contributed by atoms with Gasteiger partial charge in [-0.15, -0.1) is 0 Å². The van der Waals surface area contributed by atoms with E-state index >= 15 is 0 Å². The molecule has 0 amide bonds. The van der Waals surface area contributed by atoms with Crippen molar-refractivity contribution in [2.24, 2.45) is 0 Å². The minimum Gasteiger partial charge on any atom is -0.309 e. The number of para-hydroxylation sites is 2. The molecular formula is C41H29N. The van der Waals surface area contributed by atoms with Gasteiger partial charge >= 0.3 is 0 Å². The van der Waals surface area contributed by atoms with Crippen molar-refractivity contribution in [3.8, 4) is 27.9 Å². The predicted octanol–water partition coefficient (Wildman–Crippen LogP) is 11.1. The molecule has 42 heavy (non-hydrogen) atoms. The first-order valence-corrected chi connectivity index (χ1v) is 14.8. The summed E-state index contributed by atoms with van der Waals surface area (Å²) in [5, 5.41) is 7.78. The zero-order valence-corrected chi connectivity index (χ0v) is 23.7. The van der Waals surface area contributed by atoms with E-state index in [0.29, 0.717) is 0 Å². The van der Waals surface area contributed by atoms with Crippen LogP contribution in [0.15, 0.2) is 140 Å². The Hall–Kier alpha value is -5.14. The van der Waals surface area contributed by atoms with Gasteiger partial charge in [-0.1, -0.05) is 129 Å². The molecule has 0 aliphatic carbocycles. The van der Waals surface area contributed by atoms with E-state index < -0.39 is 0 Å². The molecule has 2 heterocycles. The van der Waals surface area contributed by atoms with Gasteiger partial charge in [0.05, 0.1) is 16.7 Å². The Bertz CT molecular complexity index is 2380. The molecule has 0 atom stereocenters. The molecule has 8 aromatic rings. The average molecular weight is 536 g/mol. The van der Waals surface area contributed by atoms with E-state index in [4.69, 9.17) is 0 Å². The molecule has 1 aromatic heterocycles. The maximum Gasteiger partial charge on any atom is 0.0582 e. The zero-order chi connectivity index (χ0) is 28.0. The van der Waals surface area contributed by atoms with Crippen LogP contribution < -0.4 is 0 Å². The Labute approximate surface area is 245 Å². The van der Waals surface area contributed by atoms with Crippen LogP contribution in [0.2, 0.25) is 0 Å². The fourth-order valence-electron chi connectivity index (χ4n) is 7.58. The molecule has 0 radical (unpaired) electrons. The third-order valence-corrected chi connectivity index (χ3v) is 9.58. The molecule has 0 spiro atoms. The summed E-state index contributed by atoms with van der Waals surface area (Å²) in [6, 6.07) is 51.6. The van der Waals surface area contributed by atoms with Crippen molar-refractivity contribution in [3.63, 3.8) is 0 Å². The van der Waals surface area contributed by atoms with Crippen LogP contribution in [0.25, 0.3) is 71.3 Å². The standard InChI is InChI=1S/C41H29N/c1-41(2)36-19-9-10-21-39(36)42-38-23-22-27(25-35(38)33-18-11-20-37(41)40(33)42)29-14-5-6-16-31(29)34-24-26-12-3-4-13-28(26)30-15-7-8-17-32(30)34/h3-25H,1-2H3. The molecular weight excluding hydrogens is 506 g/mol. The SMILES string of the molecule is CC1(C)c2ccccc2-n2c3ccc(-c4ccccc4-c4cc5ccccc5c5ccccc45)cc3c3cccc1c32. The van der Waals surface area contributed by atoms with Crippen LogP contribution in [-0.2, 0) is 5.41 Å². The van der Waals surface area contributed by atoms with Crippen LogP contribution in [-0.4, -0.2) is 4.57 Å². The van der Waals surface area contributed by atoms with Crippen molar-refractivity contribution in [2.45, 2.75) is 19.3 Å². The maximum absolute atomic E-state index is 2.49. The van der Waals surface area contributed by atoms with Crippen molar-refractivity contribution in [3.05, 3.63) is 151 Å². The van der Waals surface area contributed by atoms with Gasteiger partial charge in [0.25, 0.3) is 0 Å². The van der Waals surface area contributed by atoms with Gasteiger partial charge in [0.15, 0.2) is 0 Å². The number of benzene rings is 7. The third kappa shape index (κ3) is 3.08. The van der Waals surface area contributed by atoms with E-state index in [1.165, 1.54) is 82.4 Å². The largest absolute Gasteiger partial charge is 0.309 e. The number of hydrogen-bond acceptors (Lipinski definition) is 0. The summed E-state index contributed by atoms with van der Waals surface area (Å²) in [7, 11) is 0. The van der Waals surface area contributed by atoms with Crippen molar-refractivity contribution in [2.75, 3.05) is 0 Å². The van der Waals surface area contributed by atoms with E-state index in [9.17, 15) is 0 Å². The van der Waals surface area contributed by atoms with Crippen LogP contribution in [0.3, 0.4) is 0 Å². The van der Waals surface area contributed by atoms with Crippen molar-refractivity contribution < 1.29 is 0 Å². The van der Waals surface area contributed by atoms with Gasteiger partial charge in [-0.2, -0.15) is 0 Å². The van der Waals surface area contributed by atoms with Crippen LogP contribution in [0.4, 0.5) is 0 Å². The molecule has 7 aromatic carbocycles. The fraction of sp³-hybridized carbons (Fsp3) is 0.0732. The topological polar surface area (TPSA) is 4.93 Å². The highest BCUT2D eigenvalue weighted by molar-refractivity contribution is 6.16. The number of rotatable bonds is 2. The van der Waals surface area contributed by atoms with E-state index in [0.717, 1.165) is 0 Å². The molecule has 9 rings (SSSR count). The van der Waals surface area contributed by atoms with Gasteiger partial charge in [-0.05, 0) is 79.2 Å². The van der Waals surface area contributed by atoms with Gasteiger partial charge in [-0.25, -0.2) is 0 Å². The Kier molecular flexibility index (Phi) is 4.73. The highest BCUT2D eigenvalue weighted by Gasteiger charge is 2.34. The highest BCUT2D eigenvalue weighted by Crippen LogP contribution is 2.48. The molecule has 1 aliphatic heterocycles. The summed E-state index contributed by atoms with van der Waals surface area (Å²) < 4.78 is 2.49. The monoisotopic (exact) mass is 535 g/mol. The van der Waals surface area contributed by atoms with Crippen LogP contribution >= 0.6 is 0 Å². The van der Waals surface area contributed by atoms with Crippen LogP contribution in [0.5, 0.6) is 0 Å². The zero-order valence-electron chi connectivity index (χ0n) is 23.7. The van der Waals surface area contributed by atoms with Crippen molar-refractivity contribution in [1.29, 1.82) is 0 Å². The number of hydrogen-bond donors (Lipinski definition) is 0. The van der Waals surface area contributed by atoms with E-state index in [2.05, 4.69) is 158 Å². The lowest BCUT2D eigenvalue weighted by molar-refractivity contribution is 0.630. The van der Waals surface area contributed by atoms with E-state index in [-0.39, 0.29) is 5.41 Å². The Balaban J connectivity index is 1.33. The van der Waals surface area contributed by atoms with Gasteiger partial charge < -0.3 is 4.57 Å². The second-order valence-corrected chi connectivity index (χ2v) is 12.1. The van der Waals surface area contributed by atoms with Gasteiger partial charge in [0.1, 0.15) is 0 Å². The average Bonchev–Trinajstić information content (AvgIpc) is 3.38. The second kappa shape index (κ2) is 8.44. The number of aromatic nitrogens is 1. The van der Waals surface area contributed by atoms with E-state index in [1.54, 1.807) is 0 Å². The summed E-state index contributed by atoms with van der Waals surface area (Å²) in [4.78, 5) is 0. The van der Waals surface area contributed by atoms with Gasteiger partial charge in [0.2, 0.25) is 0 Å². The molecule has 1 heteroatoms. The molecule has 1 aliphatic rings.